The zero-order chi connectivity index (χ0) is 16.4. The summed E-state index contributed by atoms with van der Waals surface area (Å²) < 4.78 is 38.4. The fourth-order valence-corrected chi connectivity index (χ4v) is 3.23. The molecule has 0 radical (unpaired) electrons. The molecular weight excluding hydrogens is 321 g/mol. The van der Waals surface area contributed by atoms with Gasteiger partial charge in [-0.3, -0.25) is 0 Å². The highest BCUT2D eigenvalue weighted by atomic mass is 32.1. The third-order valence-electron chi connectivity index (χ3n) is 3.41. The van der Waals surface area contributed by atoms with E-state index in [4.69, 9.17) is 5.26 Å². The van der Waals surface area contributed by atoms with Crippen LogP contribution in [0.1, 0.15) is 10.4 Å². The molecule has 0 fully saturated rings. The number of benzene rings is 1. The minimum Gasteiger partial charge on any atom is -0.379 e. The lowest BCUT2D eigenvalue weighted by atomic mass is 10.1. The number of allylic oxidation sites excluding steroid dienone is 2. The van der Waals surface area contributed by atoms with Crippen LogP contribution in [0.25, 0.3) is 16.1 Å². The monoisotopic (exact) mass is 332 g/mol. The number of dihydropyridines is 1. The van der Waals surface area contributed by atoms with Crippen molar-refractivity contribution >= 4 is 17.0 Å². The van der Waals surface area contributed by atoms with Crippen LogP contribution >= 0.6 is 11.3 Å². The molecule has 1 aromatic heterocycles. The lowest BCUT2D eigenvalue weighted by Crippen LogP contribution is -2.17. The van der Waals surface area contributed by atoms with Gasteiger partial charge in [-0.1, -0.05) is 12.1 Å². The van der Waals surface area contributed by atoms with E-state index in [2.05, 4.69) is 11.4 Å². The lowest BCUT2D eigenvalue weighted by molar-refractivity contribution is -0.137. The Morgan fingerprint density at radius 1 is 1.09 bits per heavy atom. The van der Waals surface area contributed by atoms with Crippen LogP contribution in [0.2, 0.25) is 0 Å². The third-order valence-corrected chi connectivity index (χ3v) is 4.58. The number of alkyl halides is 3. The normalized spacial score (nSPS) is 14.5. The van der Waals surface area contributed by atoms with Crippen LogP contribution in [0.4, 0.5) is 13.2 Å². The van der Waals surface area contributed by atoms with E-state index in [1.54, 1.807) is 12.1 Å². The summed E-state index contributed by atoms with van der Waals surface area (Å²) in [5, 5.41) is 12.0. The molecule has 1 aliphatic rings. The van der Waals surface area contributed by atoms with Gasteiger partial charge in [0.2, 0.25) is 0 Å². The molecule has 3 rings (SSSR count). The molecule has 0 atom stereocenters. The number of hydrogen-bond donors (Lipinski definition) is 1. The molecule has 23 heavy (non-hydrogen) atoms. The van der Waals surface area contributed by atoms with Crippen molar-refractivity contribution in [2.45, 2.75) is 6.18 Å². The first kappa shape index (κ1) is 15.4. The van der Waals surface area contributed by atoms with E-state index in [0.29, 0.717) is 17.7 Å². The van der Waals surface area contributed by atoms with Crippen molar-refractivity contribution in [2.75, 3.05) is 6.54 Å². The summed E-state index contributed by atoms with van der Waals surface area (Å²) in [5.74, 6) is 0. The number of hydrogen-bond acceptors (Lipinski definition) is 3. The van der Waals surface area contributed by atoms with Gasteiger partial charge in [0.25, 0.3) is 0 Å². The van der Waals surface area contributed by atoms with Crippen molar-refractivity contribution < 1.29 is 13.2 Å². The molecule has 2 heterocycles. The fraction of sp³-hybridized carbons (Fsp3) is 0.118. The van der Waals surface area contributed by atoms with Crippen LogP contribution in [-0.2, 0) is 6.18 Å². The fourth-order valence-electron chi connectivity index (χ4n) is 2.22. The Morgan fingerprint density at radius 2 is 1.87 bits per heavy atom. The summed E-state index contributed by atoms with van der Waals surface area (Å²) in [6, 6.07) is 11.1. The predicted octanol–water partition coefficient (Wildman–Crippen LogP) is 4.83. The standard InChI is InChI=1S/C17H11F3N2S/c18-17(19,20)13-3-1-2-12(8-13)15-6-7-16(23-15)14-5-4-11(9-21)10-22-14/h1-8,22H,10H2. The van der Waals surface area contributed by atoms with Crippen LogP contribution in [0, 0.1) is 11.3 Å². The van der Waals surface area contributed by atoms with Crippen molar-refractivity contribution in [1.82, 2.24) is 5.32 Å². The average Bonchev–Trinajstić information content (AvgIpc) is 3.04. The molecule has 1 aliphatic heterocycles. The van der Waals surface area contributed by atoms with E-state index in [0.717, 1.165) is 27.6 Å². The highest BCUT2D eigenvalue weighted by Crippen LogP contribution is 2.35. The molecule has 1 N–H and O–H groups in total. The second-order valence-corrected chi connectivity index (χ2v) is 6.06. The van der Waals surface area contributed by atoms with Gasteiger partial charge >= 0.3 is 6.18 Å². The van der Waals surface area contributed by atoms with Gasteiger partial charge in [-0.2, -0.15) is 18.4 Å². The van der Waals surface area contributed by atoms with Gasteiger partial charge in [-0.05, 0) is 42.0 Å². The van der Waals surface area contributed by atoms with Crippen LogP contribution < -0.4 is 5.32 Å². The Kier molecular flexibility index (Phi) is 3.97. The van der Waals surface area contributed by atoms with Gasteiger partial charge in [0.15, 0.2) is 0 Å². The summed E-state index contributed by atoms with van der Waals surface area (Å²) in [5.41, 5.74) is 1.40. The van der Waals surface area contributed by atoms with Crippen LogP contribution in [0.15, 0.2) is 54.1 Å². The van der Waals surface area contributed by atoms with E-state index in [1.807, 2.05) is 18.2 Å². The van der Waals surface area contributed by atoms with E-state index in [9.17, 15) is 13.2 Å². The predicted molar refractivity (Wildman–Crippen MR) is 84.4 cm³/mol. The number of rotatable bonds is 2. The molecule has 6 heteroatoms. The Hall–Kier alpha value is -2.52. The molecule has 116 valence electrons. The largest absolute Gasteiger partial charge is 0.416 e. The van der Waals surface area contributed by atoms with Gasteiger partial charge < -0.3 is 5.32 Å². The first-order valence-corrected chi connectivity index (χ1v) is 7.62. The maximum Gasteiger partial charge on any atom is 0.416 e. The van der Waals surface area contributed by atoms with Gasteiger partial charge in [0, 0.05) is 10.5 Å². The van der Waals surface area contributed by atoms with Gasteiger partial charge in [-0.15, -0.1) is 11.3 Å². The topological polar surface area (TPSA) is 35.8 Å². The lowest BCUT2D eigenvalue weighted by Gasteiger charge is -2.12. The minimum atomic E-state index is -4.35. The third kappa shape index (κ3) is 3.30. The van der Waals surface area contributed by atoms with E-state index < -0.39 is 11.7 Å². The number of nitrogens with zero attached hydrogens (tertiary/aromatic N) is 1. The molecule has 2 aromatic rings. The van der Waals surface area contributed by atoms with Crippen molar-refractivity contribution in [1.29, 1.82) is 5.26 Å². The van der Waals surface area contributed by atoms with Crippen LogP contribution in [0.5, 0.6) is 0 Å². The first-order valence-electron chi connectivity index (χ1n) is 6.80. The van der Waals surface area contributed by atoms with Gasteiger partial charge in [0.05, 0.1) is 28.8 Å². The molecule has 0 amide bonds. The Bertz CT molecular complexity index is 838. The number of nitrogens with one attached hydrogen (secondary N) is 1. The maximum absolute atomic E-state index is 12.8. The number of nitriles is 1. The zero-order valence-corrected chi connectivity index (χ0v) is 12.6. The van der Waals surface area contributed by atoms with Gasteiger partial charge in [0.1, 0.15) is 0 Å². The minimum absolute atomic E-state index is 0.457. The van der Waals surface area contributed by atoms with Crippen LogP contribution in [0.3, 0.4) is 0 Å². The van der Waals surface area contributed by atoms with E-state index in [1.165, 1.54) is 17.4 Å². The molecule has 0 bridgehead atoms. The highest BCUT2D eigenvalue weighted by molar-refractivity contribution is 7.16. The summed E-state index contributed by atoms with van der Waals surface area (Å²) >= 11 is 1.41. The van der Waals surface area contributed by atoms with Crippen LogP contribution in [-0.4, -0.2) is 6.54 Å². The van der Waals surface area contributed by atoms with Crippen molar-refractivity contribution in [3.8, 4) is 16.5 Å². The Balaban J connectivity index is 1.90. The molecule has 0 unspecified atom stereocenters. The summed E-state index contributed by atoms with van der Waals surface area (Å²) in [6.07, 6.45) is -0.790. The molecule has 0 aliphatic carbocycles. The molecule has 0 saturated heterocycles. The quantitative estimate of drug-likeness (QED) is 0.855. The van der Waals surface area contributed by atoms with E-state index in [-0.39, 0.29) is 0 Å². The SMILES string of the molecule is N#CC1=CC=C(c2ccc(-c3cccc(C(F)(F)F)c3)s2)NC1. The van der Waals surface area contributed by atoms with Crippen molar-refractivity contribution in [2.24, 2.45) is 0 Å². The molecule has 0 spiro atoms. The molecular formula is C17H11F3N2S. The molecule has 0 saturated carbocycles. The summed E-state index contributed by atoms with van der Waals surface area (Å²) in [4.78, 5) is 1.69. The van der Waals surface area contributed by atoms with Crippen molar-refractivity contribution in [3.63, 3.8) is 0 Å². The summed E-state index contributed by atoms with van der Waals surface area (Å²) in [6.45, 7) is 0.457. The Morgan fingerprint density at radius 3 is 2.52 bits per heavy atom. The smallest absolute Gasteiger partial charge is 0.379 e. The average molecular weight is 332 g/mol. The highest BCUT2D eigenvalue weighted by Gasteiger charge is 2.30. The van der Waals surface area contributed by atoms with E-state index >= 15 is 0 Å². The second-order valence-electron chi connectivity index (χ2n) is 4.98. The van der Waals surface area contributed by atoms with Gasteiger partial charge in [-0.25, -0.2) is 0 Å². The molecule has 1 aromatic carbocycles. The maximum atomic E-state index is 12.8. The first-order chi connectivity index (χ1) is 11.0. The molecule has 2 nitrogen and oxygen atoms in total. The number of thiophene rings is 1. The zero-order valence-electron chi connectivity index (χ0n) is 11.8. The summed E-state index contributed by atoms with van der Waals surface area (Å²) in [7, 11) is 0. The van der Waals surface area contributed by atoms with Crippen molar-refractivity contribution in [3.05, 3.63) is 64.6 Å². The number of halogens is 3. The Labute approximate surface area is 135 Å². The second kappa shape index (κ2) is 5.94.